The first-order valence-corrected chi connectivity index (χ1v) is 22.8. The van der Waals surface area contributed by atoms with Crippen molar-refractivity contribution in [1.29, 1.82) is 0 Å². The van der Waals surface area contributed by atoms with Crippen LogP contribution < -0.4 is 38.8 Å². The molecule has 1 aliphatic carbocycles. The molecule has 3 unspecified atom stereocenters. The summed E-state index contributed by atoms with van der Waals surface area (Å²) in [6.07, 6.45) is 3.31. The molecule has 3 amide bonds. The number of nitrogens with two attached hydrogens (primary N) is 2. The highest BCUT2D eigenvalue weighted by molar-refractivity contribution is 5.88. The quantitative estimate of drug-likeness (QED) is 0.0482. The molecular formula is C49H59N11O6. The van der Waals surface area contributed by atoms with Crippen molar-refractivity contribution in [2.24, 2.45) is 21.9 Å². The van der Waals surface area contributed by atoms with Crippen molar-refractivity contribution in [2.45, 2.75) is 76.2 Å². The summed E-state index contributed by atoms with van der Waals surface area (Å²) in [4.78, 5) is 77.8. The molecule has 66 heavy (non-hydrogen) atoms. The van der Waals surface area contributed by atoms with Gasteiger partial charge in [0.25, 0.3) is 0 Å². The van der Waals surface area contributed by atoms with E-state index < -0.39 is 35.0 Å². The van der Waals surface area contributed by atoms with Crippen LogP contribution in [0.4, 0.5) is 5.69 Å². The molecule has 346 valence electrons. The summed E-state index contributed by atoms with van der Waals surface area (Å²) >= 11 is 0. The Bertz CT molecular complexity index is 2570. The van der Waals surface area contributed by atoms with E-state index in [2.05, 4.69) is 38.0 Å². The Balaban J connectivity index is 0.913. The van der Waals surface area contributed by atoms with Crippen molar-refractivity contribution < 1.29 is 19.5 Å². The van der Waals surface area contributed by atoms with Crippen LogP contribution in [0.2, 0.25) is 0 Å². The molecule has 3 atom stereocenters. The molecule has 2 fully saturated rings. The van der Waals surface area contributed by atoms with Gasteiger partial charge in [0.1, 0.15) is 6.04 Å². The average Bonchev–Trinajstić information content (AvgIpc) is 3.84. The number of fused-ring (bicyclic) bond motifs is 2. The molecule has 0 bridgehead atoms. The number of hydrogen-bond acceptors (Lipinski definition) is 9. The van der Waals surface area contributed by atoms with Gasteiger partial charge >= 0.3 is 11.4 Å². The van der Waals surface area contributed by atoms with Gasteiger partial charge in [-0.05, 0) is 72.6 Å². The van der Waals surface area contributed by atoms with E-state index in [1.165, 1.54) is 9.36 Å². The van der Waals surface area contributed by atoms with Gasteiger partial charge < -0.3 is 37.4 Å². The van der Waals surface area contributed by atoms with Gasteiger partial charge in [-0.3, -0.25) is 24.3 Å². The summed E-state index contributed by atoms with van der Waals surface area (Å²) in [6.45, 7) is 2.38. The van der Waals surface area contributed by atoms with Gasteiger partial charge in [0, 0.05) is 69.9 Å². The molecular weight excluding hydrogens is 839 g/mol. The number of carbonyl (C=O) groups excluding carboxylic acids is 3. The Morgan fingerprint density at radius 3 is 1.95 bits per heavy atom. The molecule has 17 nitrogen and oxygen atoms in total. The van der Waals surface area contributed by atoms with E-state index in [0.29, 0.717) is 44.0 Å². The number of rotatable bonds is 16. The lowest BCUT2D eigenvalue weighted by Gasteiger charge is -2.41. The molecule has 0 spiro atoms. The van der Waals surface area contributed by atoms with E-state index in [-0.39, 0.29) is 62.7 Å². The third-order valence-electron chi connectivity index (χ3n) is 13.1. The zero-order valence-corrected chi connectivity index (χ0v) is 37.1. The number of nitrogens with one attached hydrogen (secondary N) is 3. The van der Waals surface area contributed by atoms with E-state index in [1.807, 2.05) is 53.4 Å². The third kappa shape index (κ3) is 10.1. The number of guanidine groups is 1. The van der Waals surface area contributed by atoms with Crippen LogP contribution in [-0.2, 0) is 20.9 Å². The minimum atomic E-state index is -0.962. The van der Waals surface area contributed by atoms with Crippen LogP contribution >= 0.6 is 0 Å². The van der Waals surface area contributed by atoms with Crippen LogP contribution in [0.15, 0.2) is 124 Å². The molecule has 1 saturated carbocycles. The lowest BCUT2D eigenvalue weighted by Crippen LogP contribution is -2.51. The van der Waals surface area contributed by atoms with Crippen molar-refractivity contribution in [1.82, 2.24) is 34.4 Å². The van der Waals surface area contributed by atoms with Crippen molar-refractivity contribution in [3.63, 3.8) is 0 Å². The van der Waals surface area contributed by atoms with E-state index in [9.17, 15) is 29.1 Å². The highest BCUT2D eigenvalue weighted by Crippen LogP contribution is 2.45. The van der Waals surface area contributed by atoms with Gasteiger partial charge in [-0.1, -0.05) is 91.7 Å². The maximum absolute atomic E-state index is 14.1. The van der Waals surface area contributed by atoms with Crippen LogP contribution in [-0.4, -0.2) is 97.8 Å². The van der Waals surface area contributed by atoms with Gasteiger partial charge in [0.2, 0.25) is 17.7 Å². The fourth-order valence-electron chi connectivity index (χ4n) is 9.90. The molecule has 1 aromatic heterocycles. The standard InChI is InChI=1S/C49H59N11O6/c50-46(51)53-25-13-22-40(45(64)52-26-27-58-47(65)59(34-14-3-1-4-15-34)60(48(58)66)35-16-5-2-6-17-35)54-41(61)32-49(23-11-12-24-49)33-42(62)56-28-30-57(31-29-56)43-36-18-7-8-19-37(36)44(63)55-39-21-10-9-20-38(39)43/h1-10,14-21,40,43-44,55,63H,11-13,22-33H2,(H,52,64)(H,54,61)(H4,50,51,53). The van der Waals surface area contributed by atoms with Crippen LogP contribution in [0.3, 0.4) is 0 Å². The highest BCUT2D eigenvalue weighted by Gasteiger charge is 2.41. The minimum absolute atomic E-state index is 0.0114. The summed E-state index contributed by atoms with van der Waals surface area (Å²) in [5.41, 5.74) is 14.2. The molecule has 1 saturated heterocycles. The number of carbonyl (C=O) groups is 3. The Hall–Kier alpha value is -6.98. The lowest BCUT2D eigenvalue weighted by atomic mass is 9.78. The van der Waals surface area contributed by atoms with E-state index in [1.54, 1.807) is 48.5 Å². The van der Waals surface area contributed by atoms with Crippen molar-refractivity contribution in [2.75, 3.05) is 44.6 Å². The highest BCUT2D eigenvalue weighted by atomic mass is 16.3. The molecule has 17 heteroatoms. The Labute approximate surface area is 383 Å². The number of aliphatic hydroxyl groups excluding tert-OH is 1. The fraction of sp³-hybridized carbons (Fsp3) is 0.388. The first kappa shape index (κ1) is 45.6. The summed E-state index contributed by atoms with van der Waals surface area (Å²) in [6, 6.07) is 32.6. The maximum Gasteiger partial charge on any atom is 0.352 e. The lowest BCUT2D eigenvalue weighted by molar-refractivity contribution is -0.137. The Morgan fingerprint density at radius 2 is 1.33 bits per heavy atom. The van der Waals surface area contributed by atoms with Crippen molar-refractivity contribution in [3.8, 4) is 11.4 Å². The van der Waals surface area contributed by atoms with Crippen LogP contribution in [0.1, 0.15) is 80.3 Å². The number of aliphatic imine (C=N–C) groups is 1. The topological polar surface area (TPSA) is 227 Å². The predicted octanol–water partition coefficient (Wildman–Crippen LogP) is 3.14. The van der Waals surface area contributed by atoms with Gasteiger partial charge in [0.05, 0.1) is 17.4 Å². The van der Waals surface area contributed by atoms with E-state index in [4.69, 9.17) is 11.5 Å². The number of anilines is 1. The number of hydrogen-bond donors (Lipinski definition) is 6. The number of aliphatic hydroxyl groups is 1. The number of piperazine rings is 1. The Morgan fingerprint density at radius 1 is 0.758 bits per heavy atom. The molecule has 8 N–H and O–H groups in total. The molecule has 0 radical (unpaired) electrons. The second-order valence-electron chi connectivity index (χ2n) is 17.5. The van der Waals surface area contributed by atoms with E-state index in [0.717, 1.165) is 52.6 Å². The molecule has 5 aromatic rings. The summed E-state index contributed by atoms with van der Waals surface area (Å²) in [7, 11) is 0. The first-order chi connectivity index (χ1) is 32.0. The zero-order chi connectivity index (χ0) is 46.2. The summed E-state index contributed by atoms with van der Waals surface area (Å²) in [5.74, 6) is -0.886. The monoisotopic (exact) mass is 897 g/mol. The van der Waals surface area contributed by atoms with Gasteiger partial charge in [-0.25, -0.2) is 14.2 Å². The van der Waals surface area contributed by atoms with Gasteiger partial charge in [0.15, 0.2) is 12.2 Å². The minimum Gasteiger partial charge on any atom is -0.370 e. The number of nitrogens with zero attached hydrogens (tertiary/aromatic N) is 6. The molecule has 2 aliphatic heterocycles. The SMILES string of the molecule is NC(N)=NCCCC(NC(=O)CC1(CC(=O)N2CCN(C3c4ccccc4NC(O)c4ccccc43)CC2)CCCC1)C(=O)NCCn1c(=O)n(-c2ccccc2)n(-c2ccccc2)c1=O. The summed E-state index contributed by atoms with van der Waals surface area (Å²) < 4.78 is 3.68. The molecule has 8 rings (SSSR count). The molecule has 3 aliphatic rings. The van der Waals surface area contributed by atoms with Crippen LogP contribution in [0.25, 0.3) is 11.4 Å². The van der Waals surface area contributed by atoms with Crippen molar-refractivity contribution >= 4 is 29.4 Å². The average molecular weight is 898 g/mol. The van der Waals surface area contributed by atoms with Crippen molar-refractivity contribution in [3.05, 3.63) is 147 Å². The molecule has 3 heterocycles. The predicted molar refractivity (Wildman–Crippen MR) is 252 cm³/mol. The fourth-order valence-corrected chi connectivity index (χ4v) is 9.90. The summed E-state index contributed by atoms with van der Waals surface area (Å²) in [5, 5.41) is 20.1. The van der Waals surface area contributed by atoms with Gasteiger partial charge in [-0.15, -0.1) is 0 Å². The molecule has 4 aromatic carbocycles. The van der Waals surface area contributed by atoms with Gasteiger partial charge in [-0.2, -0.15) is 9.36 Å². The second kappa shape index (κ2) is 20.5. The third-order valence-corrected chi connectivity index (χ3v) is 13.1. The zero-order valence-electron chi connectivity index (χ0n) is 37.1. The largest absolute Gasteiger partial charge is 0.370 e. The van der Waals surface area contributed by atoms with Crippen LogP contribution in [0, 0.1) is 5.41 Å². The number of aromatic nitrogens is 3. The second-order valence-corrected chi connectivity index (χ2v) is 17.5. The number of amides is 3. The smallest absolute Gasteiger partial charge is 0.352 e. The first-order valence-electron chi connectivity index (χ1n) is 22.8. The van der Waals surface area contributed by atoms with E-state index >= 15 is 0 Å². The van der Waals surface area contributed by atoms with Crippen LogP contribution in [0.5, 0.6) is 0 Å². The Kier molecular flexibility index (Phi) is 14.1. The number of benzene rings is 4. The number of para-hydroxylation sites is 3. The maximum atomic E-state index is 14.1. The normalized spacial score (nSPS) is 18.2.